The summed E-state index contributed by atoms with van der Waals surface area (Å²) in [6, 6.07) is 3.54. The minimum Gasteiger partial charge on any atom is -0.390 e. The number of aromatic nitrogens is 4. The second-order valence-electron chi connectivity index (χ2n) is 2.91. The van der Waals surface area contributed by atoms with Crippen molar-refractivity contribution in [3.63, 3.8) is 0 Å². The van der Waals surface area contributed by atoms with Crippen LogP contribution in [0.25, 0.3) is 5.95 Å². The van der Waals surface area contributed by atoms with E-state index in [4.69, 9.17) is 5.11 Å². The highest BCUT2D eigenvalue weighted by Crippen LogP contribution is 2.04. The first-order chi connectivity index (χ1) is 6.79. The fourth-order valence-electron chi connectivity index (χ4n) is 1.19. The molecule has 0 aromatic carbocycles. The number of aliphatic hydroxyl groups is 1. The molecule has 0 bridgehead atoms. The highest BCUT2D eigenvalue weighted by Gasteiger charge is 2.03. The molecule has 72 valence electrons. The van der Waals surface area contributed by atoms with Crippen LogP contribution < -0.4 is 0 Å². The van der Waals surface area contributed by atoms with Crippen LogP contribution in [0.15, 0.2) is 24.5 Å². The van der Waals surface area contributed by atoms with Crippen molar-refractivity contribution in [1.29, 1.82) is 0 Å². The summed E-state index contributed by atoms with van der Waals surface area (Å²) in [5.74, 6) is 0.485. The van der Waals surface area contributed by atoms with E-state index < -0.39 is 0 Å². The molecule has 2 aromatic rings. The molecule has 0 aliphatic rings. The van der Waals surface area contributed by atoms with Gasteiger partial charge in [0.1, 0.15) is 0 Å². The molecule has 5 heteroatoms. The van der Waals surface area contributed by atoms with E-state index in [9.17, 15) is 0 Å². The lowest BCUT2D eigenvalue weighted by Gasteiger charge is -2.02. The van der Waals surface area contributed by atoms with Gasteiger partial charge in [0.15, 0.2) is 0 Å². The Morgan fingerprint density at radius 1 is 1.43 bits per heavy atom. The van der Waals surface area contributed by atoms with Gasteiger partial charge in [-0.15, -0.1) is 0 Å². The second kappa shape index (κ2) is 3.55. The zero-order chi connectivity index (χ0) is 9.97. The Balaban J connectivity index is 2.48. The Morgan fingerprint density at radius 3 is 2.93 bits per heavy atom. The molecule has 0 aliphatic heterocycles. The third-order valence-electron chi connectivity index (χ3n) is 1.77. The van der Waals surface area contributed by atoms with Crippen LogP contribution in [0.4, 0.5) is 0 Å². The van der Waals surface area contributed by atoms with E-state index in [1.165, 1.54) is 0 Å². The van der Waals surface area contributed by atoms with E-state index in [1.54, 1.807) is 29.2 Å². The van der Waals surface area contributed by atoms with Gasteiger partial charge in [0.25, 0.3) is 5.95 Å². The molecular formula is C9H10N4O. The van der Waals surface area contributed by atoms with E-state index in [-0.39, 0.29) is 6.61 Å². The summed E-state index contributed by atoms with van der Waals surface area (Å²) in [5.41, 5.74) is 1.41. The molecular weight excluding hydrogens is 180 g/mol. The Hall–Kier alpha value is -1.75. The first-order valence-electron chi connectivity index (χ1n) is 4.25. The number of aliphatic hydroxyl groups excluding tert-OH is 1. The number of aryl methyl sites for hydroxylation is 1. The van der Waals surface area contributed by atoms with Crippen molar-refractivity contribution in [1.82, 2.24) is 19.7 Å². The van der Waals surface area contributed by atoms with E-state index in [0.29, 0.717) is 11.6 Å². The molecule has 0 unspecified atom stereocenters. The highest BCUT2D eigenvalue weighted by atomic mass is 16.3. The van der Waals surface area contributed by atoms with Crippen molar-refractivity contribution in [3.8, 4) is 5.95 Å². The zero-order valence-corrected chi connectivity index (χ0v) is 7.75. The quantitative estimate of drug-likeness (QED) is 0.747. The molecule has 2 aromatic heterocycles. The van der Waals surface area contributed by atoms with E-state index in [0.717, 1.165) is 5.69 Å². The maximum Gasteiger partial charge on any atom is 0.251 e. The molecule has 0 fully saturated rings. The number of hydrogen-bond donors (Lipinski definition) is 1. The molecule has 2 heterocycles. The maximum atomic E-state index is 8.96. The summed E-state index contributed by atoms with van der Waals surface area (Å²) in [7, 11) is 0. The van der Waals surface area contributed by atoms with Crippen LogP contribution in [0.3, 0.4) is 0 Å². The van der Waals surface area contributed by atoms with Gasteiger partial charge in [0.2, 0.25) is 0 Å². The minimum atomic E-state index is -0.0857. The van der Waals surface area contributed by atoms with E-state index >= 15 is 0 Å². The zero-order valence-electron chi connectivity index (χ0n) is 7.75. The molecule has 0 aliphatic carbocycles. The summed E-state index contributed by atoms with van der Waals surface area (Å²) in [4.78, 5) is 8.34. The SMILES string of the molecule is Cc1cc(CO)nc(-n2cccn2)n1. The topological polar surface area (TPSA) is 63.8 Å². The van der Waals surface area contributed by atoms with Gasteiger partial charge < -0.3 is 5.11 Å². The number of hydrogen-bond acceptors (Lipinski definition) is 4. The molecule has 14 heavy (non-hydrogen) atoms. The Labute approximate surface area is 81.1 Å². The van der Waals surface area contributed by atoms with Crippen molar-refractivity contribution < 1.29 is 5.11 Å². The molecule has 1 N–H and O–H groups in total. The van der Waals surface area contributed by atoms with Crippen LogP contribution in [-0.4, -0.2) is 24.9 Å². The fourth-order valence-corrected chi connectivity index (χ4v) is 1.19. The molecule has 0 atom stereocenters. The monoisotopic (exact) mass is 190 g/mol. The third-order valence-corrected chi connectivity index (χ3v) is 1.77. The first-order valence-corrected chi connectivity index (χ1v) is 4.25. The lowest BCUT2D eigenvalue weighted by atomic mass is 10.3. The molecule has 0 saturated heterocycles. The van der Waals surface area contributed by atoms with Gasteiger partial charge >= 0.3 is 0 Å². The Kier molecular flexibility index (Phi) is 2.24. The van der Waals surface area contributed by atoms with Gasteiger partial charge in [-0.25, -0.2) is 14.6 Å². The average molecular weight is 190 g/mol. The molecule has 0 spiro atoms. The van der Waals surface area contributed by atoms with Gasteiger partial charge in [-0.1, -0.05) is 0 Å². The normalized spacial score (nSPS) is 10.4. The van der Waals surface area contributed by atoms with Crippen molar-refractivity contribution >= 4 is 0 Å². The average Bonchev–Trinajstić information content (AvgIpc) is 2.69. The number of rotatable bonds is 2. The molecule has 0 radical (unpaired) electrons. The van der Waals surface area contributed by atoms with Gasteiger partial charge in [0.05, 0.1) is 12.3 Å². The lowest BCUT2D eigenvalue weighted by Crippen LogP contribution is -2.05. The summed E-state index contributed by atoms with van der Waals surface area (Å²) in [6.07, 6.45) is 3.42. The summed E-state index contributed by atoms with van der Waals surface area (Å²) < 4.78 is 1.56. The highest BCUT2D eigenvalue weighted by molar-refractivity contribution is 5.17. The maximum absolute atomic E-state index is 8.96. The van der Waals surface area contributed by atoms with Gasteiger partial charge in [-0.3, -0.25) is 0 Å². The Bertz CT molecular complexity index is 424. The van der Waals surface area contributed by atoms with Crippen LogP contribution in [0.2, 0.25) is 0 Å². The summed E-state index contributed by atoms with van der Waals surface area (Å²) in [6.45, 7) is 1.77. The predicted octanol–water partition coefficient (Wildman–Crippen LogP) is 0.463. The predicted molar refractivity (Wildman–Crippen MR) is 49.8 cm³/mol. The van der Waals surface area contributed by atoms with Crippen molar-refractivity contribution in [2.45, 2.75) is 13.5 Å². The molecule has 2 rings (SSSR count). The lowest BCUT2D eigenvalue weighted by molar-refractivity contribution is 0.276. The first kappa shape index (κ1) is 8.83. The van der Waals surface area contributed by atoms with Gasteiger partial charge in [-0.05, 0) is 19.1 Å². The van der Waals surface area contributed by atoms with Crippen LogP contribution in [0, 0.1) is 6.92 Å². The number of nitrogens with zero attached hydrogens (tertiary/aromatic N) is 4. The van der Waals surface area contributed by atoms with Gasteiger partial charge in [-0.2, -0.15) is 5.10 Å². The molecule has 5 nitrogen and oxygen atoms in total. The summed E-state index contributed by atoms with van der Waals surface area (Å²) in [5, 5.41) is 13.0. The third kappa shape index (κ3) is 1.62. The van der Waals surface area contributed by atoms with Crippen LogP contribution in [-0.2, 0) is 6.61 Å². The van der Waals surface area contributed by atoms with Gasteiger partial charge in [0, 0.05) is 18.1 Å². The van der Waals surface area contributed by atoms with Crippen molar-refractivity contribution in [2.75, 3.05) is 0 Å². The standard InChI is InChI=1S/C9H10N4O/c1-7-5-8(6-14)12-9(11-7)13-4-2-3-10-13/h2-5,14H,6H2,1H3. The van der Waals surface area contributed by atoms with Crippen LogP contribution in [0.1, 0.15) is 11.4 Å². The summed E-state index contributed by atoms with van der Waals surface area (Å²) >= 11 is 0. The minimum absolute atomic E-state index is 0.0857. The van der Waals surface area contributed by atoms with Crippen molar-refractivity contribution in [3.05, 3.63) is 35.9 Å². The van der Waals surface area contributed by atoms with E-state index in [1.807, 2.05) is 6.92 Å². The van der Waals surface area contributed by atoms with Crippen LogP contribution in [0.5, 0.6) is 0 Å². The fraction of sp³-hybridized carbons (Fsp3) is 0.222. The molecule has 0 saturated carbocycles. The Morgan fingerprint density at radius 2 is 2.29 bits per heavy atom. The van der Waals surface area contributed by atoms with E-state index in [2.05, 4.69) is 15.1 Å². The second-order valence-corrected chi connectivity index (χ2v) is 2.91. The molecule has 0 amide bonds. The van der Waals surface area contributed by atoms with Crippen molar-refractivity contribution in [2.24, 2.45) is 0 Å². The smallest absolute Gasteiger partial charge is 0.251 e. The van der Waals surface area contributed by atoms with Crippen LogP contribution >= 0.6 is 0 Å². The largest absolute Gasteiger partial charge is 0.390 e.